The molecule has 0 saturated carbocycles. The van der Waals surface area contributed by atoms with Crippen LogP contribution in [0.15, 0.2) is 77.7 Å². The molecule has 2 N–H and O–H groups in total. The molecule has 0 saturated heterocycles. The summed E-state index contributed by atoms with van der Waals surface area (Å²) in [5, 5.41) is 2.91. The maximum atomic E-state index is 12.6. The zero-order valence-corrected chi connectivity index (χ0v) is 19.1. The summed E-state index contributed by atoms with van der Waals surface area (Å²) in [6.07, 6.45) is 0.0240. The lowest BCUT2D eigenvalue weighted by atomic mass is 10.0. The molecule has 1 aliphatic heterocycles. The Bertz CT molecular complexity index is 1210. The maximum Gasteiger partial charge on any atom is 0.240 e. The van der Waals surface area contributed by atoms with Crippen molar-refractivity contribution in [3.8, 4) is 22.6 Å². The monoisotopic (exact) mass is 466 g/mol. The van der Waals surface area contributed by atoms with Crippen LogP contribution in [0, 0.1) is 0 Å². The van der Waals surface area contributed by atoms with Crippen molar-refractivity contribution in [3.05, 3.63) is 78.4 Å². The summed E-state index contributed by atoms with van der Waals surface area (Å²) in [7, 11) is -3.77. The molecule has 3 aromatic carbocycles. The van der Waals surface area contributed by atoms with Crippen molar-refractivity contribution in [3.63, 3.8) is 0 Å². The Labute approximate surface area is 193 Å². The second-order valence-corrected chi connectivity index (χ2v) is 9.50. The molecule has 172 valence electrons. The molecular formula is C25H26N2O5S. The van der Waals surface area contributed by atoms with Crippen LogP contribution < -0.4 is 19.5 Å². The Kier molecular flexibility index (Phi) is 6.96. The summed E-state index contributed by atoms with van der Waals surface area (Å²) in [6.45, 7) is 2.69. The SMILES string of the molecule is CC(NC(=O)CCNS(=O)(=O)c1ccc2c(c1)OCCO2)c1ccc(-c2ccccc2)cc1. The summed E-state index contributed by atoms with van der Waals surface area (Å²) < 4.78 is 38.4. The molecule has 1 amide bonds. The predicted octanol–water partition coefficient (Wildman–Crippen LogP) is 3.67. The van der Waals surface area contributed by atoms with E-state index in [9.17, 15) is 13.2 Å². The number of carbonyl (C=O) groups excluding carboxylic acids is 1. The molecule has 0 spiro atoms. The Morgan fingerprint density at radius 3 is 2.30 bits per heavy atom. The largest absolute Gasteiger partial charge is 0.486 e. The number of hydrogen-bond acceptors (Lipinski definition) is 5. The minimum absolute atomic E-state index is 0.0116. The fourth-order valence-electron chi connectivity index (χ4n) is 3.56. The third-order valence-corrected chi connectivity index (χ3v) is 6.82. The van der Waals surface area contributed by atoms with Crippen molar-refractivity contribution < 1.29 is 22.7 Å². The highest BCUT2D eigenvalue weighted by atomic mass is 32.2. The average Bonchev–Trinajstić information content (AvgIpc) is 2.84. The molecule has 3 aromatic rings. The van der Waals surface area contributed by atoms with Crippen molar-refractivity contribution in [2.45, 2.75) is 24.3 Å². The first-order valence-electron chi connectivity index (χ1n) is 10.8. The Morgan fingerprint density at radius 2 is 1.58 bits per heavy atom. The molecule has 0 bridgehead atoms. The van der Waals surface area contributed by atoms with E-state index in [0.717, 1.165) is 16.7 Å². The maximum absolute atomic E-state index is 12.6. The number of fused-ring (bicyclic) bond motifs is 1. The number of amides is 1. The second-order valence-electron chi connectivity index (χ2n) is 7.73. The van der Waals surface area contributed by atoms with E-state index in [4.69, 9.17) is 9.47 Å². The molecule has 1 unspecified atom stereocenters. The molecule has 1 atom stereocenters. The van der Waals surface area contributed by atoms with Gasteiger partial charge < -0.3 is 14.8 Å². The van der Waals surface area contributed by atoms with Gasteiger partial charge in [0.25, 0.3) is 0 Å². The Hall–Kier alpha value is -3.36. The van der Waals surface area contributed by atoms with E-state index in [2.05, 4.69) is 10.0 Å². The summed E-state index contributed by atoms with van der Waals surface area (Å²) in [6, 6.07) is 22.3. The minimum atomic E-state index is -3.77. The molecule has 0 aliphatic carbocycles. The van der Waals surface area contributed by atoms with E-state index in [1.807, 2.05) is 61.5 Å². The molecule has 8 heteroatoms. The fraction of sp³-hybridized carbons (Fsp3) is 0.240. The van der Waals surface area contributed by atoms with Crippen LogP contribution in [0.4, 0.5) is 0 Å². The van der Waals surface area contributed by atoms with Crippen LogP contribution in [0.1, 0.15) is 24.9 Å². The van der Waals surface area contributed by atoms with Crippen LogP contribution in [-0.2, 0) is 14.8 Å². The van der Waals surface area contributed by atoms with Crippen LogP contribution in [0.3, 0.4) is 0 Å². The van der Waals surface area contributed by atoms with Gasteiger partial charge in [-0.25, -0.2) is 13.1 Å². The summed E-state index contributed by atoms with van der Waals surface area (Å²) in [5.74, 6) is 0.679. The number of hydrogen-bond donors (Lipinski definition) is 2. The van der Waals surface area contributed by atoms with Crippen LogP contribution in [0.5, 0.6) is 11.5 Å². The number of sulfonamides is 1. The first-order valence-corrected chi connectivity index (χ1v) is 12.2. The molecule has 1 heterocycles. The number of rotatable bonds is 8. The van der Waals surface area contributed by atoms with Gasteiger partial charge in [-0.1, -0.05) is 54.6 Å². The van der Waals surface area contributed by atoms with Gasteiger partial charge in [0.2, 0.25) is 15.9 Å². The van der Waals surface area contributed by atoms with Crippen molar-refractivity contribution >= 4 is 15.9 Å². The number of nitrogens with one attached hydrogen (secondary N) is 2. The van der Waals surface area contributed by atoms with Gasteiger partial charge in [0.1, 0.15) is 13.2 Å². The smallest absolute Gasteiger partial charge is 0.240 e. The van der Waals surface area contributed by atoms with E-state index in [1.165, 1.54) is 12.1 Å². The van der Waals surface area contributed by atoms with Crippen LogP contribution in [-0.4, -0.2) is 34.1 Å². The van der Waals surface area contributed by atoms with Gasteiger partial charge in [-0.2, -0.15) is 0 Å². The summed E-state index contributed by atoms with van der Waals surface area (Å²) >= 11 is 0. The lowest BCUT2D eigenvalue weighted by Crippen LogP contribution is -2.32. The van der Waals surface area contributed by atoms with Gasteiger partial charge in [-0.05, 0) is 35.7 Å². The van der Waals surface area contributed by atoms with Gasteiger partial charge >= 0.3 is 0 Å². The van der Waals surface area contributed by atoms with E-state index in [1.54, 1.807) is 6.07 Å². The highest BCUT2D eigenvalue weighted by Crippen LogP contribution is 2.32. The van der Waals surface area contributed by atoms with Crippen molar-refractivity contribution in [2.24, 2.45) is 0 Å². The van der Waals surface area contributed by atoms with E-state index in [0.29, 0.717) is 24.7 Å². The van der Waals surface area contributed by atoms with Gasteiger partial charge in [0.05, 0.1) is 10.9 Å². The molecule has 0 radical (unpaired) electrons. The third-order valence-electron chi connectivity index (χ3n) is 5.36. The van der Waals surface area contributed by atoms with Gasteiger partial charge in [-0.15, -0.1) is 0 Å². The first-order chi connectivity index (χ1) is 15.9. The van der Waals surface area contributed by atoms with Crippen LogP contribution >= 0.6 is 0 Å². The summed E-state index contributed by atoms with van der Waals surface area (Å²) in [5.41, 5.74) is 3.21. The number of benzene rings is 3. The molecule has 4 rings (SSSR count). The molecule has 0 aromatic heterocycles. The normalized spacial score (nSPS) is 13.8. The standard InChI is InChI=1S/C25H26N2O5S/c1-18(19-7-9-21(10-8-19)20-5-3-2-4-6-20)27-25(28)13-14-26-33(29,30)22-11-12-23-24(17-22)32-16-15-31-23/h2-12,17-18,26H,13-16H2,1H3,(H,27,28). The van der Waals surface area contributed by atoms with Gasteiger partial charge in [-0.3, -0.25) is 4.79 Å². The highest BCUT2D eigenvalue weighted by molar-refractivity contribution is 7.89. The van der Waals surface area contributed by atoms with Crippen molar-refractivity contribution in [1.29, 1.82) is 0 Å². The fourth-order valence-corrected chi connectivity index (χ4v) is 4.61. The van der Waals surface area contributed by atoms with E-state index in [-0.39, 0.29) is 29.8 Å². The van der Waals surface area contributed by atoms with Crippen LogP contribution in [0.2, 0.25) is 0 Å². The molecular weight excluding hydrogens is 440 g/mol. The first kappa shape index (κ1) is 22.8. The zero-order valence-electron chi connectivity index (χ0n) is 18.3. The molecule has 0 fully saturated rings. The number of ether oxygens (including phenoxy) is 2. The lowest BCUT2D eigenvalue weighted by molar-refractivity contribution is -0.121. The topological polar surface area (TPSA) is 93.7 Å². The third kappa shape index (κ3) is 5.71. The second kappa shape index (κ2) is 10.1. The lowest BCUT2D eigenvalue weighted by Gasteiger charge is -2.19. The Balaban J connectivity index is 1.28. The van der Waals surface area contributed by atoms with Crippen molar-refractivity contribution in [1.82, 2.24) is 10.0 Å². The minimum Gasteiger partial charge on any atom is -0.486 e. The zero-order chi connectivity index (χ0) is 23.3. The van der Waals surface area contributed by atoms with Gasteiger partial charge in [0, 0.05) is 19.0 Å². The van der Waals surface area contributed by atoms with E-state index < -0.39 is 10.0 Å². The van der Waals surface area contributed by atoms with E-state index >= 15 is 0 Å². The van der Waals surface area contributed by atoms with Crippen molar-refractivity contribution in [2.75, 3.05) is 19.8 Å². The summed E-state index contributed by atoms with van der Waals surface area (Å²) in [4.78, 5) is 12.4. The predicted molar refractivity (Wildman–Crippen MR) is 126 cm³/mol. The molecule has 7 nitrogen and oxygen atoms in total. The number of carbonyl (C=O) groups is 1. The molecule has 1 aliphatic rings. The highest BCUT2D eigenvalue weighted by Gasteiger charge is 2.19. The van der Waals surface area contributed by atoms with Crippen LogP contribution in [0.25, 0.3) is 11.1 Å². The quantitative estimate of drug-likeness (QED) is 0.528. The molecule has 33 heavy (non-hydrogen) atoms. The average molecular weight is 467 g/mol. The van der Waals surface area contributed by atoms with Gasteiger partial charge in [0.15, 0.2) is 11.5 Å². The Morgan fingerprint density at radius 1 is 0.909 bits per heavy atom.